The van der Waals surface area contributed by atoms with E-state index in [0.29, 0.717) is 67.8 Å². The van der Waals surface area contributed by atoms with Crippen LogP contribution in [0.25, 0.3) is 0 Å². The molecule has 3 aromatic carbocycles. The molecular formula is C31H37N3O7S. The lowest BCUT2D eigenvalue weighted by Gasteiger charge is -2.37. The standard InChI is InChI=1S/C31H37N3O7S/c1-22(41-25-8-6-5-7-9-25)31(35)33-16-14-32(15-17-33)27-20-26(10-11-28(27)38-2)42(36,37)34-13-12-23-18-29(39-3)30(40-4)19-24(23)21-34/h5-11,18-20,22H,12-17,21H2,1-4H3/t22-/m0/s1. The number of para-hydroxylation sites is 1. The SMILES string of the molecule is COc1cc2c(cc1OC)CN(S(=O)(=O)c1ccc(OC)c(N3CCN(C(=O)[C@H](C)Oc4ccccc4)CC3)c1)CC2. The maximum Gasteiger partial charge on any atom is 0.263 e. The van der Waals surface area contributed by atoms with Crippen LogP contribution in [0.1, 0.15) is 18.1 Å². The third-order valence-corrected chi connectivity index (χ3v) is 9.65. The number of carbonyl (C=O) groups is 1. The van der Waals surface area contributed by atoms with Crippen LogP contribution in [0, 0.1) is 0 Å². The molecule has 0 spiro atoms. The molecule has 0 bridgehead atoms. The predicted octanol–water partition coefficient (Wildman–Crippen LogP) is 3.58. The first-order valence-electron chi connectivity index (χ1n) is 13.9. The van der Waals surface area contributed by atoms with Crippen molar-refractivity contribution in [3.8, 4) is 23.0 Å². The van der Waals surface area contributed by atoms with E-state index in [1.54, 1.807) is 51.4 Å². The molecule has 5 rings (SSSR count). The summed E-state index contributed by atoms with van der Waals surface area (Å²) in [4.78, 5) is 17.1. The lowest BCUT2D eigenvalue weighted by molar-refractivity contribution is -0.138. The van der Waals surface area contributed by atoms with Crippen LogP contribution in [0.15, 0.2) is 65.6 Å². The summed E-state index contributed by atoms with van der Waals surface area (Å²) < 4.78 is 51.4. The summed E-state index contributed by atoms with van der Waals surface area (Å²) in [5.41, 5.74) is 2.62. The van der Waals surface area contributed by atoms with Crippen LogP contribution in [-0.2, 0) is 27.8 Å². The number of rotatable bonds is 9. The van der Waals surface area contributed by atoms with Crippen molar-refractivity contribution < 1.29 is 32.2 Å². The highest BCUT2D eigenvalue weighted by Crippen LogP contribution is 2.36. The Labute approximate surface area is 247 Å². The van der Waals surface area contributed by atoms with Crippen molar-refractivity contribution in [1.29, 1.82) is 0 Å². The number of piperazine rings is 1. The van der Waals surface area contributed by atoms with Crippen molar-refractivity contribution in [2.75, 3.05) is 59.0 Å². The van der Waals surface area contributed by atoms with Gasteiger partial charge in [-0.25, -0.2) is 8.42 Å². The van der Waals surface area contributed by atoms with Gasteiger partial charge in [0.25, 0.3) is 5.91 Å². The van der Waals surface area contributed by atoms with Crippen molar-refractivity contribution in [2.45, 2.75) is 30.9 Å². The Morgan fingerprint density at radius 2 is 1.43 bits per heavy atom. The zero-order valence-electron chi connectivity index (χ0n) is 24.4. The van der Waals surface area contributed by atoms with Gasteiger partial charge >= 0.3 is 0 Å². The summed E-state index contributed by atoms with van der Waals surface area (Å²) in [6, 6.07) is 18.0. The lowest BCUT2D eigenvalue weighted by atomic mass is 10.0. The van der Waals surface area contributed by atoms with E-state index in [1.165, 1.54) is 4.31 Å². The smallest absolute Gasteiger partial charge is 0.263 e. The number of hydrogen-bond acceptors (Lipinski definition) is 8. The number of sulfonamides is 1. The quantitative estimate of drug-likeness (QED) is 0.371. The highest BCUT2D eigenvalue weighted by atomic mass is 32.2. The third kappa shape index (κ3) is 5.98. The Kier molecular flexibility index (Phi) is 8.79. The molecule has 3 aromatic rings. The number of carbonyl (C=O) groups excluding carboxylic acids is 1. The van der Waals surface area contributed by atoms with Gasteiger partial charge in [-0.05, 0) is 66.9 Å². The first-order chi connectivity index (χ1) is 20.2. The largest absolute Gasteiger partial charge is 0.495 e. The number of ether oxygens (including phenoxy) is 4. The van der Waals surface area contributed by atoms with Crippen LogP contribution in [0.4, 0.5) is 5.69 Å². The van der Waals surface area contributed by atoms with Crippen LogP contribution in [0.3, 0.4) is 0 Å². The second kappa shape index (κ2) is 12.5. The Morgan fingerprint density at radius 1 is 0.786 bits per heavy atom. The van der Waals surface area contributed by atoms with Gasteiger partial charge in [-0.1, -0.05) is 18.2 Å². The van der Waals surface area contributed by atoms with Crippen molar-refractivity contribution >= 4 is 21.6 Å². The molecule has 0 radical (unpaired) electrons. The van der Waals surface area contributed by atoms with E-state index in [4.69, 9.17) is 18.9 Å². The van der Waals surface area contributed by atoms with E-state index < -0.39 is 16.1 Å². The maximum absolute atomic E-state index is 13.8. The molecule has 1 atom stereocenters. The summed E-state index contributed by atoms with van der Waals surface area (Å²) in [7, 11) is 0.927. The molecule has 0 saturated carbocycles. The number of anilines is 1. The molecule has 10 nitrogen and oxygen atoms in total. The first-order valence-corrected chi connectivity index (χ1v) is 15.4. The molecule has 1 amide bonds. The Hall–Kier alpha value is -3.96. The van der Waals surface area contributed by atoms with Gasteiger partial charge in [0.05, 0.1) is 31.9 Å². The topological polar surface area (TPSA) is 97.9 Å². The number of nitrogens with zero attached hydrogens (tertiary/aromatic N) is 3. The summed E-state index contributed by atoms with van der Waals surface area (Å²) in [5.74, 6) is 2.35. The van der Waals surface area contributed by atoms with Gasteiger partial charge in [0.2, 0.25) is 10.0 Å². The fourth-order valence-electron chi connectivity index (χ4n) is 5.47. The molecule has 42 heavy (non-hydrogen) atoms. The summed E-state index contributed by atoms with van der Waals surface area (Å²) in [6.45, 7) is 4.38. The van der Waals surface area contributed by atoms with Gasteiger partial charge in [0, 0.05) is 39.3 Å². The highest BCUT2D eigenvalue weighted by molar-refractivity contribution is 7.89. The van der Waals surface area contributed by atoms with Crippen LogP contribution in [0.2, 0.25) is 0 Å². The number of hydrogen-bond donors (Lipinski definition) is 0. The number of benzene rings is 3. The van der Waals surface area contributed by atoms with Gasteiger partial charge in [-0.2, -0.15) is 4.31 Å². The molecular weight excluding hydrogens is 558 g/mol. The van der Waals surface area contributed by atoms with Crippen LogP contribution in [-0.4, -0.2) is 83.7 Å². The highest BCUT2D eigenvalue weighted by Gasteiger charge is 2.32. The fraction of sp³-hybridized carbons (Fsp3) is 0.387. The Morgan fingerprint density at radius 3 is 2.07 bits per heavy atom. The van der Waals surface area contributed by atoms with Crippen LogP contribution in [0.5, 0.6) is 23.0 Å². The first kappa shape index (κ1) is 29.5. The minimum absolute atomic E-state index is 0.0820. The minimum atomic E-state index is -3.79. The van der Waals surface area contributed by atoms with Crippen LogP contribution >= 0.6 is 0 Å². The molecule has 2 aliphatic rings. The van der Waals surface area contributed by atoms with Crippen molar-refractivity contribution in [3.05, 3.63) is 71.8 Å². The molecule has 0 unspecified atom stereocenters. The average molecular weight is 596 g/mol. The van der Waals surface area contributed by atoms with Gasteiger partial charge in [0.15, 0.2) is 17.6 Å². The summed E-state index contributed by atoms with van der Waals surface area (Å²) in [6.07, 6.45) is -0.0435. The molecule has 2 aliphatic heterocycles. The average Bonchev–Trinajstić information content (AvgIpc) is 3.03. The van der Waals surface area contributed by atoms with Crippen molar-refractivity contribution in [3.63, 3.8) is 0 Å². The minimum Gasteiger partial charge on any atom is -0.495 e. The zero-order chi connectivity index (χ0) is 29.9. The van der Waals surface area contributed by atoms with E-state index >= 15 is 0 Å². The van der Waals surface area contributed by atoms with Gasteiger partial charge < -0.3 is 28.7 Å². The van der Waals surface area contributed by atoms with Crippen molar-refractivity contribution in [1.82, 2.24) is 9.21 Å². The van der Waals surface area contributed by atoms with E-state index in [-0.39, 0.29) is 17.3 Å². The number of fused-ring (bicyclic) bond motifs is 1. The second-order valence-electron chi connectivity index (χ2n) is 10.3. The normalized spacial score (nSPS) is 16.4. The lowest BCUT2D eigenvalue weighted by Crippen LogP contribution is -2.52. The molecule has 2 heterocycles. The molecule has 0 aliphatic carbocycles. The van der Waals surface area contributed by atoms with E-state index in [1.807, 2.05) is 42.5 Å². The molecule has 11 heteroatoms. The van der Waals surface area contributed by atoms with Gasteiger partial charge in [0.1, 0.15) is 11.5 Å². The molecule has 0 N–H and O–H groups in total. The zero-order valence-corrected chi connectivity index (χ0v) is 25.2. The fourth-order valence-corrected chi connectivity index (χ4v) is 6.91. The number of methoxy groups -OCH3 is 3. The molecule has 224 valence electrons. The predicted molar refractivity (Wildman–Crippen MR) is 159 cm³/mol. The van der Waals surface area contributed by atoms with Crippen molar-refractivity contribution in [2.24, 2.45) is 0 Å². The summed E-state index contributed by atoms with van der Waals surface area (Å²) in [5, 5.41) is 0. The maximum atomic E-state index is 13.8. The molecule has 0 aromatic heterocycles. The van der Waals surface area contributed by atoms with Gasteiger partial charge in [-0.15, -0.1) is 0 Å². The Balaban J connectivity index is 1.29. The monoisotopic (exact) mass is 595 g/mol. The Bertz CT molecular complexity index is 1520. The second-order valence-corrected chi connectivity index (χ2v) is 12.2. The third-order valence-electron chi connectivity index (χ3n) is 7.81. The summed E-state index contributed by atoms with van der Waals surface area (Å²) >= 11 is 0. The van der Waals surface area contributed by atoms with Crippen LogP contribution < -0.4 is 23.8 Å². The molecule has 1 fully saturated rings. The van der Waals surface area contributed by atoms with E-state index in [0.717, 1.165) is 11.1 Å². The number of amides is 1. The van der Waals surface area contributed by atoms with Gasteiger partial charge in [-0.3, -0.25) is 4.79 Å². The van der Waals surface area contributed by atoms with E-state index in [2.05, 4.69) is 4.90 Å². The van der Waals surface area contributed by atoms with E-state index in [9.17, 15) is 13.2 Å². The molecule has 1 saturated heterocycles.